The maximum atomic E-state index is 14.0. The van der Waals surface area contributed by atoms with Gasteiger partial charge in [-0.1, -0.05) is 58.7 Å². The maximum Gasteiger partial charge on any atom is 0.328 e. The highest BCUT2D eigenvalue weighted by Crippen LogP contribution is 2.45. The minimum absolute atomic E-state index is 0.110. The summed E-state index contributed by atoms with van der Waals surface area (Å²) < 4.78 is 4.06. The molecule has 0 saturated heterocycles. The van der Waals surface area contributed by atoms with Gasteiger partial charge in [0.1, 0.15) is 0 Å². The van der Waals surface area contributed by atoms with Crippen molar-refractivity contribution in [3.05, 3.63) is 70.7 Å². The van der Waals surface area contributed by atoms with Crippen LogP contribution in [0.1, 0.15) is 77.2 Å². The molecule has 3 unspecified atom stereocenters. The maximum absolute atomic E-state index is 14.0. The van der Waals surface area contributed by atoms with Crippen LogP contribution in [0.4, 0.5) is 0 Å². The first kappa shape index (κ1) is 26.1. The third kappa shape index (κ3) is 5.22. The second-order valence-electron chi connectivity index (χ2n) is 11.0. The molecule has 1 aliphatic carbocycles. The topological polar surface area (TPSA) is 94.3 Å². The first-order valence-electron chi connectivity index (χ1n) is 14.1. The van der Waals surface area contributed by atoms with Crippen LogP contribution in [0.3, 0.4) is 0 Å². The number of aryl methyl sites for hydroxylation is 1. The molecule has 3 aromatic heterocycles. The molecule has 0 aliphatic heterocycles. The number of nitrogens with zero attached hydrogens (tertiary/aromatic N) is 6. The quantitative estimate of drug-likeness (QED) is 0.284. The van der Waals surface area contributed by atoms with Crippen molar-refractivity contribution in [1.82, 2.24) is 34.7 Å². The van der Waals surface area contributed by atoms with E-state index in [9.17, 15) is 4.79 Å². The zero-order valence-electron chi connectivity index (χ0n) is 23.0. The summed E-state index contributed by atoms with van der Waals surface area (Å²) in [6.45, 7) is 9.55. The van der Waals surface area contributed by atoms with Crippen molar-refractivity contribution < 1.29 is 0 Å². The van der Waals surface area contributed by atoms with E-state index in [2.05, 4.69) is 82.3 Å². The Morgan fingerprint density at radius 1 is 1.08 bits per heavy atom. The molecule has 3 atom stereocenters. The predicted molar refractivity (Wildman–Crippen MR) is 150 cm³/mol. The van der Waals surface area contributed by atoms with Crippen molar-refractivity contribution in [3.8, 4) is 22.5 Å². The number of hydrogen-bond acceptors (Lipinski definition) is 5. The number of hydrogen-bond donors (Lipinski definition) is 1. The fraction of sp³-hybridized carbons (Fsp3) is 0.500. The van der Waals surface area contributed by atoms with Crippen molar-refractivity contribution in [3.63, 3.8) is 0 Å². The lowest BCUT2D eigenvalue weighted by Gasteiger charge is -2.27. The molecule has 1 fully saturated rings. The molecule has 0 spiro atoms. The molecule has 1 N–H and O–H groups in total. The van der Waals surface area contributed by atoms with Crippen LogP contribution in [-0.4, -0.2) is 34.7 Å². The summed E-state index contributed by atoms with van der Waals surface area (Å²) in [4.78, 5) is 18.6. The largest absolute Gasteiger partial charge is 0.328 e. The van der Waals surface area contributed by atoms with E-state index in [0.717, 1.165) is 53.8 Å². The van der Waals surface area contributed by atoms with Gasteiger partial charge in [0.05, 0.1) is 12.2 Å². The van der Waals surface area contributed by atoms with Gasteiger partial charge in [0.2, 0.25) is 5.82 Å². The summed E-state index contributed by atoms with van der Waals surface area (Å²) in [5.74, 6) is 2.22. The zero-order chi connectivity index (χ0) is 26.6. The first-order valence-corrected chi connectivity index (χ1v) is 14.1. The van der Waals surface area contributed by atoms with Crippen LogP contribution >= 0.6 is 0 Å². The number of aromatic nitrogens is 7. The van der Waals surface area contributed by atoms with E-state index in [1.807, 2.05) is 29.0 Å². The van der Waals surface area contributed by atoms with Crippen LogP contribution in [0.2, 0.25) is 0 Å². The van der Waals surface area contributed by atoms with E-state index >= 15 is 0 Å². The van der Waals surface area contributed by atoms with Crippen molar-refractivity contribution in [2.45, 2.75) is 78.8 Å². The lowest BCUT2D eigenvalue weighted by molar-refractivity contribution is 0.243. The molecule has 38 heavy (non-hydrogen) atoms. The molecule has 3 heterocycles. The van der Waals surface area contributed by atoms with Crippen LogP contribution in [0, 0.1) is 17.8 Å². The summed E-state index contributed by atoms with van der Waals surface area (Å²) >= 11 is 0. The third-order valence-electron chi connectivity index (χ3n) is 8.30. The number of nitrogens with one attached hydrogen (secondary N) is 1. The van der Waals surface area contributed by atoms with Crippen LogP contribution in [0.15, 0.2) is 53.6 Å². The van der Waals surface area contributed by atoms with Crippen molar-refractivity contribution >= 4 is 0 Å². The van der Waals surface area contributed by atoms with Crippen LogP contribution in [-0.2, 0) is 13.0 Å². The summed E-state index contributed by atoms with van der Waals surface area (Å²) in [7, 11) is 0. The second kappa shape index (κ2) is 11.5. The Morgan fingerprint density at radius 3 is 2.63 bits per heavy atom. The molecule has 8 heteroatoms. The number of tetrazole rings is 1. The average molecular weight is 514 g/mol. The van der Waals surface area contributed by atoms with Gasteiger partial charge < -0.3 is 0 Å². The van der Waals surface area contributed by atoms with Crippen LogP contribution in [0.25, 0.3) is 22.5 Å². The van der Waals surface area contributed by atoms with E-state index in [1.54, 1.807) is 0 Å². The van der Waals surface area contributed by atoms with E-state index in [4.69, 9.17) is 0 Å². The molecule has 0 radical (unpaired) electrons. The van der Waals surface area contributed by atoms with E-state index in [-0.39, 0.29) is 11.7 Å². The van der Waals surface area contributed by atoms with Gasteiger partial charge in [-0.05, 0) is 78.0 Å². The molecule has 200 valence electrons. The molecule has 0 bridgehead atoms. The van der Waals surface area contributed by atoms with Crippen LogP contribution < -0.4 is 5.69 Å². The Labute approximate surface area is 224 Å². The minimum atomic E-state index is 0.110. The number of H-pyrrole nitrogens is 1. The molecule has 4 aromatic rings. The Balaban J connectivity index is 1.49. The highest BCUT2D eigenvalue weighted by atomic mass is 16.1. The SMILES string of the molecule is CCCCc1cn(C2C(CC)CCC2C(C)C)c(=O)n1Cc1cc(-c2cccc(-c3nn[nH]n3)c2)ccn1. The molecular weight excluding hydrogens is 474 g/mol. The van der Waals surface area contributed by atoms with E-state index in [1.165, 1.54) is 12.8 Å². The standard InChI is InChI=1S/C30H39N7O/c1-5-7-11-26-19-37(28-21(6-2)12-13-27(28)20(3)4)30(38)36(26)18-25-17-23(14-15-31-25)22-9-8-10-24(16-22)29-32-34-35-33-29/h8-10,14-17,19-21,27-28H,5-7,11-13,18H2,1-4H3,(H,32,33,34,35). The van der Waals surface area contributed by atoms with Gasteiger partial charge in [-0.15, -0.1) is 10.2 Å². The molecule has 1 saturated carbocycles. The molecule has 5 rings (SSSR count). The Bertz CT molecular complexity index is 1400. The van der Waals surface area contributed by atoms with Gasteiger partial charge in [-0.2, -0.15) is 5.21 Å². The monoisotopic (exact) mass is 513 g/mol. The van der Waals surface area contributed by atoms with Gasteiger partial charge in [0.25, 0.3) is 0 Å². The third-order valence-corrected chi connectivity index (χ3v) is 8.30. The number of rotatable bonds is 10. The Kier molecular flexibility index (Phi) is 7.86. The molecule has 1 aliphatic rings. The molecule has 1 aromatic carbocycles. The minimum Gasteiger partial charge on any atom is -0.295 e. The predicted octanol–water partition coefficient (Wildman–Crippen LogP) is 5.92. The summed E-state index contributed by atoms with van der Waals surface area (Å²) in [5.41, 5.74) is 5.09. The highest BCUT2D eigenvalue weighted by Gasteiger charge is 2.39. The lowest BCUT2D eigenvalue weighted by Crippen LogP contribution is -2.33. The first-order chi connectivity index (χ1) is 18.5. The normalized spacial score (nSPS) is 19.4. The van der Waals surface area contributed by atoms with Gasteiger partial charge in [0, 0.05) is 29.7 Å². The number of imidazole rings is 1. The Morgan fingerprint density at radius 2 is 1.89 bits per heavy atom. The number of pyridine rings is 1. The van der Waals surface area contributed by atoms with Gasteiger partial charge in [0.15, 0.2) is 0 Å². The number of unbranched alkanes of at least 4 members (excludes halogenated alkanes) is 1. The second-order valence-corrected chi connectivity index (χ2v) is 11.0. The smallest absolute Gasteiger partial charge is 0.295 e. The fourth-order valence-corrected chi connectivity index (χ4v) is 6.22. The highest BCUT2D eigenvalue weighted by molar-refractivity contribution is 5.70. The van der Waals surface area contributed by atoms with Crippen molar-refractivity contribution in [2.24, 2.45) is 17.8 Å². The zero-order valence-corrected chi connectivity index (χ0v) is 23.0. The van der Waals surface area contributed by atoms with Crippen LogP contribution in [0.5, 0.6) is 0 Å². The van der Waals surface area contributed by atoms with Gasteiger partial charge in [-0.25, -0.2) is 4.79 Å². The van der Waals surface area contributed by atoms with Crippen molar-refractivity contribution in [1.29, 1.82) is 0 Å². The number of aromatic amines is 1. The number of benzene rings is 1. The molecular formula is C30H39N7O. The summed E-state index contributed by atoms with van der Waals surface area (Å²) in [6, 6.07) is 12.4. The lowest BCUT2D eigenvalue weighted by atomic mass is 9.87. The molecule has 0 amide bonds. The van der Waals surface area contributed by atoms with Gasteiger partial charge >= 0.3 is 5.69 Å². The molecule has 8 nitrogen and oxygen atoms in total. The van der Waals surface area contributed by atoms with E-state index in [0.29, 0.717) is 30.1 Å². The van der Waals surface area contributed by atoms with E-state index < -0.39 is 0 Å². The summed E-state index contributed by atoms with van der Waals surface area (Å²) in [6.07, 6.45) is 10.6. The average Bonchev–Trinajstić information content (AvgIpc) is 3.68. The Hall–Kier alpha value is -3.55. The van der Waals surface area contributed by atoms with Gasteiger partial charge in [-0.3, -0.25) is 14.1 Å². The summed E-state index contributed by atoms with van der Waals surface area (Å²) in [5, 5.41) is 14.4. The fourth-order valence-electron chi connectivity index (χ4n) is 6.22. The van der Waals surface area contributed by atoms with Crippen molar-refractivity contribution in [2.75, 3.05) is 0 Å².